The molecule has 26 heavy (non-hydrogen) atoms. The highest BCUT2D eigenvalue weighted by Crippen LogP contribution is 2.41. The first-order chi connectivity index (χ1) is 12.6. The number of halogens is 1. The van der Waals surface area contributed by atoms with E-state index in [-0.39, 0.29) is 11.9 Å². The minimum absolute atomic E-state index is 0.00593. The quantitative estimate of drug-likeness (QED) is 0.710. The van der Waals surface area contributed by atoms with E-state index in [1.54, 1.807) is 4.52 Å². The number of thiazole rings is 1. The van der Waals surface area contributed by atoms with Gasteiger partial charge in [0.25, 0.3) is 0 Å². The molecule has 1 aliphatic heterocycles. The van der Waals surface area contributed by atoms with E-state index in [9.17, 15) is 5.11 Å². The predicted molar refractivity (Wildman–Crippen MR) is 105 cm³/mol. The SMILES string of the molecule is CCc1nc2sc([C@H](c3ccc(Cl)cc3)N3CCC[C@@H](C)C3)c(O)n2n1. The van der Waals surface area contributed by atoms with Gasteiger partial charge >= 0.3 is 0 Å². The van der Waals surface area contributed by atoms with Crippen molar-refractivity contribution in [1.29, 1.82) is 0 Å². The highest BCUT2D eigenvalue weighted by atomic mass is 35.5. The van der Waals surface area contributed by atoms with Crippen LogP contribution in [-0.4, -0.2) is 37.7 Å². The third-order valence-electron chi connectivity index (χ3n) is 5.05. The van der Waals surface area contributed by atoms with Gasteiger partial charge in [0.05, 0.1) is 10.9 Å². The summed E-state index contributed by atoms with van der Waals surface area (Å²) in [6.07, 6.45) is 3.19. The van der Waals surface area contributed by atoms with E-state index in [4.69, 9.17) is 11.6 Å². The molecule has 5 nitrogen and oxygen atoms in total. The molecule has 1 saturated heterocycles. The average Bonchev–Trinajstić information content (AvgIpc) is 3.17. The molecule has 7 heteroatoms. The molecule has 2 aromatic heterocycles. The Morgan fingerprint density at radius 1 is 1.35 bits per heavy atom. The fourth-order valence-corrected chi connectivity index (χ4v) is 5.01. The number of rotatable bonds is 4. The third kappa shape index (κ3) is 3.21. The topological polar surface area (TPSA) is 53.7 Å². The number of benzene rings is 1. The van der Waals surface area contributed by atoms with E-state index >= 15 is 0 Å². The zero-order valence-corrected chi connectivity index (χ0v) is 16.6. The van der Waals surface area contributed by atoms with Gasteiger partial charge in [-0.2, -0.15) is 4.52 Å². The summed E-state index contributed by atoms with van der Waals surface area (Å²) in [5, 5.41) is 16.0. The van der Waals surface area contributed by atoms with Crippen LogP contribution in [-0.2, 0) is 6.42 Å². The Hall–Kier alpha value is -1.63. The Balaban J connectivity index is 1.80. The lowest BCUT2D eigenvalue weighted by atomic mass is 9.95. The van der Waals surface area contributed by atoms with Gasteiger partial charge in [0, 0.05) is 18.0 Å². The highest BCUT2D eigenvalue weighted by molar-refractivity contribution is 7.17. The number of likely N-dealkylation sites (tertiary alicyclic amines) is 1. The van der Waals surface area contributed by atoms with E-state index in [0.717, 1.165) is 45.8 Å². The first kappa shape index (κ1) is 17.8. The van der Waals surface area contributed by atoms with Crippen LogP contribution < -0.4 is 0 Å². The molecule has 0 radical (unpaired) electrons. The van der Waals surface area contributed by atoms with E-state index in [2.05, 4.69) is 34.0 Å². The molecule has 0 amide bonds. The number of nitrogens with zero attached hydrogens (tertiary/aromatic N) is 4. The first-order valence-corrected chi connectivity index (χ1v) is 10.3. The number of fused-ring (bicyclic) bond motifs is 1. The molecule has 138 valence electrons. The number of piperidine rings is 1. The fourth-order valence-electron chi connectivity index (χ4n) is 3.75. The molecule has 2 atom stereocenters. The second-order valence-electron chi connectivity index (χ2n) is 7.06. The summed E-state index contributed by atoms with van der Waals surface area (Å²) < 4.78 is 1.58. The van der Waals surface area contributed by atoms with Crippen molar-refractivity contribution >= 4 is 27.9 Å². The molecule has 3 heterocycles. The van der Waals surface area contributed by atoms with Gasteiger partial charge in [-0.05, 0) is 43.0 Å². The molecule has 0 unspecified atom stereocenters. The molecule has 0 aliphatic carbocycles. The van der Waals surface area contributed by atoms with Crippen molar-refractivity contribution in [1.82, 2.24) is 19.5 Å². The second-order valence-corrected chi connectivity index (χ2v) is 8.51. The van der Waals surface area contributed by atoms with Crippen molar-refractivity contribution in [3.05, 3.63) is 45.6 Å². The van der Waals surface area contributed by atoms with Crippen LogP contribution in [0.25, 0.3) is 4.96 Å². The van der Waals surface area contributed by atoms with Gasteiger partial charge < -0.3 is 5.11 Å². The Morgan fingerprint density at radius 2 is 2.12 bits per heavy atom. The Labute approximate surface area is 162 Å². The second kappa shape index (κ2) is 7.18. The molecule has 1 aromatic carbocycles. The average molecular weight is 391 g/mol. The van der Waals surface area contributed by atoms with Gasteiger partial charge in [0.1, 0.15) is 0 Å². The largest absolute Gasteiger partial charge is 0.492 e. The molecule has 1 fully saturated rings. The van der Waals surface area contributed by atoms with Crippen molar-refractivity contribution in [2.24, 2.45) is 5.92 Å². The summed E-state index contributed by atoms with van der Waals surface area (Å²) in [6.45, 7) is 6.34. The van der Waals surface area contributed by atoms with Gasteiger partial charge in [0.2, 0.25) is 10.8 Å². The number of aryl methyl sites for hydroxylation is 1. The van der Waals surface area contributed by atoms with E-state index < -0.39 is 0 Å². The molecule has 0 saturated carbocycles. The summed E-state index contributed by atoms with van der Waals surface area (Å²) in [6, 6.07) is 7.94. The minimum Gasteiger partial charge on any atom is -0.492 e. The van der Waals surface area contributed by atoms with Gasteiger partial charge in [-0.25, -0.2) is 4.98 Å². The molecule has 1 aliphatic rings. The molecule has 4 rings (SSSR count). The number of hydrogen-bond acceptors (Lipinski definition) is 5. The Kier molecular flexibility index (Phi) is 4.90. The molecular formula is C19H23ClN4OS. The van der Waals surface area contributed by atoms with Crippen LogP contribution in [0.5, 0.6) is 5.88 Å². The van der Waals surface area contributed by atoms with Crippen LogP contribution in [0, 0.1) is 5.92 Å². The minimum atomic E-state index is -0.00593. The smallest absolute Gasteiger partial charge is 0.230 e. The summed E-state index contributed by atoms with van der Waals surface area (Å²) in [4.78, 5) is 8.65. The van der Waals surface area contributed by atoms with Crippen molar-refractivity contribution in [3.8, 4) is 5.88 Å². The summed E-state index contributed by atoms with van der Waals surface area (Å²) in [5.41, 5.74) is 1.14. The number of aromatic hydroxyl groups is 1. The lowest BCUT2D eigenvalue weighted by Gasteiger charge is -2.37. The zero-order valence-electron chi connectivity index (χ0n) is 15.0. The van der Waals surface area contributed by atoms with E-state index in [0.29, 0.717) is 5.92 Å². The van der Waals surface area contributed by atoms with Crippen LogP contribution in [0.15, 0.2) is 24.3 Å². The first-order valence-electron chi connectivity index (χ1n) is 9.13. The maximum atomic E-state index is 10.9. The summed E-state index contributed by atoms with van der Waals surface area (Å²) in [7, 11) is 0. The van der Waals surface area contributed by atoms with Crippen LogP contribution >= 0.6 is 22.9 Å². The van der Waals surface area contributed by atoms with Gasteiger partial charge in [0.15, 0.2) is 5.82 Å². The Morgan fingerprint density at radius 3 is 2.77 bits per heavy atom. The van der Waals surface area contributed by atoms with Gasteiger partial charge in [-0.3, -0.25) is 4.90 Å². The normalized spacial score (nSPS) is 19.9. The van der Waals surface area contributed by atoms with Gasteiger partial charge in [-0.1, -0.05) is 48.9 Å². The van der Waals surface area contributed by atoms with Crippen LogP contribution in [0.3, 0.4) is 0 Å². The van der Waals surface area contributed by atoms with Crippen molar-refractivity contribution in [3.63, 3.8) is 0 Å². The highest BCUT2D eigenvalue weighted by Gasteiger charge is 2.31. The van der Waals surface area contributed by atoms with Crippen molar-refractivity contribution in [2.75, 3.05) is 13.1 Å². The molecule has 0 spiro atoms. The summed E-state index contributed by atoms with van der Waals surface area (Å²) >= 11 is 7.63. The molecule has 1 N–H and O–H groups in total. The maximum absolute atomic E-state index is 10.9. The Bertz CT molecular complexity index is 904. The van der Waals surface area contributed by atoms with E-state index in [1.165, 1.54) is 24.2 Å². The maximum Gasteiger partial charge on any atom is 0.230 e. The number of hydrogen-bond donors (Lipinski definition) is 1. The zero-order chi connectivity index (χ0) is 18.3. The standard InChI is InChI=1S/C19H23ClN4OS/c1-3-15-21-19-24(22-15)18(25)17(26-19)16(13-6-8-14(20)9-7-13)23-10-4-5-12(2)11-23/h6-9,12,16,25H,3-5,10-11H2,1-2H3/t12-,16+/m1/s1. The molecule has 3 aromatic rings. The summed E-state index contributed by atoms with van der Waals surface area (Å²) in [5.74, 6) is 1.61. The van der Waals surface area contributed by atoms with Gasteiger partial charge in [-0.15, -0.1) is 5.10 Å². The van der Waals surface area contributed by atoms with Crippen LogP contribution in [0.4, 0.5) is 0 Å². The van der Waals surface area contributed by atoms with E-state index in [1.807, 2.05) is 19.1 Å². The lowest BCUT2D eigenvalue weighted by Crippen LogP contribution is -2.37. The fraction of sp³-hybridized carbons (Fsp3) is 0.474. The predicted octanol–water partition coefficient (Wildman–Crippen LogP) is 4.53. The third-order valence-corrected chi connectivity index (χ3v) is 6.37. The van der Waals surface area contributed by atoms with Crippen molar-refractivity contribution < 1.29 is 5.11 Å². The number of aromatic nitrogens is 3. The van der Waals surface area contributed by atoms with Crippen LogP contribution in [0.1, 0.15) is 49.0 Å². The molecular weight excluding hydrogens is 368 g/mol. The van der Waals surface area contributed by atoms with Crippen LogP contribution in [0.2, 0.25) is 5.02 Å². The monoisotopic (exact) mass is 390 g/mol. The van der Waals surface area contributed by atoms with Crippen molar-refractivity contribution in [2.45, 2.75) is 39.2 Å². The molecule has 0 bridgehead atoms. The lowest BCUT2D eigenvalue weighted by molar-refractivity contribution is 0.149.